The van der Waals surface area contributed by atoms with Gasteiger partial charge in [-0.15, -0.1) is 0 Å². The van der Waals surface area contributed by atoms with Crippen LogP contribution >= 0.6 is 0 Å². The van der Waals surface area contributed by atoms with Gasteiger partial charge in [-0.2, -0.15) is 0 Å². The summed E-state index contributed by atoms with van der Waals surface area (Å²) < 4.78 is 31.0. The highest BCUT2D eigenvalue weighted by atomic mass is 19.3. The summed E-state index contributed by atoms with van der Waals surface area (Å²) >= 11 is 0. The van der Waals surface area contributed by atoms with Gasteiger partial charge in [-0.05, 0) is 0 Å². The molecule has 2 aliphatic heterocycles. The second-order valence-corrected chi connectivity index (χ2v) is 4.07. The first kappa shape index (κ1) is 10.3. The predicted octanol–water partition coefficient (Wildman–Crippen LogP) is 0.316. The van der Waals surface area contributed by atoms with Crippen molar-refractivity contribution in [3.05, 3.63) is 0 Å². The number of rotatable bonds is 2. The average Bonchev–Trinajstić information content (AvgIpc) is 2.47. The van der Waals surface area contributed by atoms with E-state index in [-0.39, 0.29) is 19.0 Å². The van der Waals surface area contributed by atoms with Gasteiger partial charge in [0.2, 0.25) is 0 Å². The number of alkyl halides is 2. The highest BCUT2D eigenvalue weighted by Gasteiger charge is 2.38. The van der Waals surface area contributed by atoms with E-state index < -0.39 is 5.92 Å². The van der Waals surface area contributed by atoms with Crippen LogP contribution in [-0.2, 0) is 4.74 Å². The van der Waals surface area contributed by atoms with Crippen LogP contribution in [0.25, 0.3) is 0 Å². The summed E-state index contributed by atoms with van der Waals surface area (Å²) in [6, 6.07) is 0.220. The minimum atomic E-state index is -2.48. The van der Waals surface area contributed by atoms with Gasteiger partial charge in [0, 0.05) is 32.1 Å². The van der Waals surface area contributed by atoms with E-state index in [1.54, 1.807) is 0 Å². The molecule has 0 aliphatic carbocycles. The summed E-state index contributed by atoms with van der Waals surface area (Å²) in [5.41, 5.74) is 0. The van der Waals surface area contributed by atoms with Crippen molar-refractivity contribution in [1.82, 2.24) is 10.2 Å². The summed E-state index contributed by atoms with van der Waals surface area (Å²) in [6.07, 6.45) is 0.000573. The van der Waals surface area contributed by atoms with Crippen molar-refractivity contribution >= 4 is 0 Å². The fourth-order valence-corrected chi connectivity index (χ4v) is 2.01. The Balaban J connectivity index is 1.75. The molecule has 3 nitrogen and oxygen atoms in total. The number of nitrogens with zero attached hydrogens (tertiary/aromatic N) is 1. The molecule has 2 heterocycles. The molecule has 0 aromatic rings. The molecule has 2 fully saturated rings. The highest BCUT2D eigenvalue weighted by molar-refractivity contribution is 4.85. The molecule has 1 atom stereocenters. The van der Waals surface area contributed by atoms with E-state index in [1.165, 1.54) is 0 Å². The number of halogens is 2. The molecule has 0 aromatic carbocycles. The van der Waals surface area contributed by atoms with Crippen LogP contribution in [0.4, 0.5) is 8.78 Å². The molecule has 0 spiro atoms. The molecule has 82 valence electrons. The maximum atomic E-state index is 12.9. The van der Waals surface area contributed by atoms with Crippen molar-refractivity contribution in [3.8, 4) is 0 Å². The lowest BCUT2D eigenvalue weighted by atomic mass is 10.2. The molecule has 0 unspecified atom stereocenters. The third kappa shape index (κ3) is 2.62. The van der Waals surface area contributed by atoms with E-state index in [1.807, 2.05) is 4.90 Å². The monoisotopic (exact) mass is 206 g/mol. The molecular weight excluding hydrogens is 190 g/mol. The Bertz CT molecular complexity index is 195. The van der Waals surface area contributed by atoms with Gasteiger partial charge in [-0.25, -0.2) is 8.78 Å². The lowest BCUT2D eigenvalue weighted by molar-refractivity contribution is 0.00768. The minimum absolute atomic E-state index is 0.000573. The third-order valence-electron chi connectivity index (χ3n) is 2.73. The van der Waals surface area contributed by atoms with Crippen LogP contribution in [0.15, 0.2) is 0 Å². The Morgan fingerprint density at radius 2 is 2.36 bits per heavy atom. The van der Waals surface area contributed by atoms with Gasteiger partial charge in [-0.3, -0.25) is 4.90 Å². The van der Waals surface area contributed by atoms with Gasteiger partial charge in [0.05, 0.1) is 19.8 Å². The number of likely N-dealkylation sites (tertiary alicyclic amines) is 1. The van der Waals surface area contributed by atoms with E-state index >= 15 is 0 Å². The Kier molecular flexibility index (Phi) is 2.99. The summed E-state index contributed by atoms with van der Waals surface area (Å²) in [6.45, 7) is 3.29. The maximum absolute atomic E-state index is 12.9. The molecular formula is C9H16F2N2O. The van der Waals surface area contributed by atoms with Gasteiger partial charge >= 0.3 is 0 Å². The Labute approximate surface area is 82.4 Å². The Hall–Kier alpha value is -0.260. The zero-order chi connectivity index (χ0) is 10.0. The molecule has 5 heteroatoms. The number of nitrogens with one attached hydrogen (secondary N) is 1. The van der Waals surface area contributed by atoms with Crippen molar-refractivity contribution in [1.29, 1.82) is 0 Å². The van der Waals surface area contributed by atoms with E-state index in [9.17, 15) is 8.78 Å². The minimum Gasteiger partial charge on any atom is -0.378 e. The van der Waals surface area contributed by atoms with Gasteiger partial charge in [0.15, 0.2) is 0 Å². The second-order valence-electron chi connectivity index (χ2n) is 4.07. The van der Waals surface area contributed by atoms with Crippen LogP contribution < -0.4 is 5.32 Å². The molecule has 2 saturated heterocycles. The van der Waals surface area contributed by atoms with Gasteiger partial charge in [-0.1, -0.05) is 0 Å². The van der Waals surface area contributed by atoms with Crippen LogP contribution in [0, 0.1) is 0 Å². The molecule has 0 aromatic heterocycles. The number of morpholine rings is 1. The maximum Gasteiger partial charge on any atom is 0.261 e. The first-order valence-electron chi connectivity index (χ1n) is 5.07. The Morgan fingerprint density at radius 1 is 1.50 bits per heavy atom. The standard InChI is InChI=1S/C9H16F2N2O/c10-9(11)1-3-13(7-9)5-8-6-14-4-2-12-8/h8,12H,1-7H2/t8-/m1/s1. The van der Waals surface area contributed by atoms with Crippen LogP contribution in [0.3, 0.4) is 0 Å². The molecule has 0 bridgehead atoms. The lowest BCUT2D eigenvalue weighted by Gasteiger charge is -2.27. The van der Waals surface area contributed by atoms with Crippen LogP contribution in [0.1, 0.15) is 6.42 Å². The van der Waals surface area contributed by atoms with Crippen molar-refractivity contribution in [2.24, 2.45) is 0 Å². The van der Waals surface area contributed by atoms with E-state index in [0.717, 1.165) is 13.2 Å². The zero-order valence-electron chi connectivity index (χ0n) is 8.14. The summed E-state index contributed by atoms with van der Waals surface area (Å²) in [4.78, 5) is 1.81. The highest BCUT2D eigenvalue weighted by Crippen LogP contribution is 2.26. The van der Waals surface area contributed by atoms with Crippen LogP contribution in [0.5, 0.6) is 0 Å². The van der Waals surface area contributed by atoms with E-state index in [0.29, 0.717) is 19.7 Å². The van der Waals surface area contributed by atoms with E-state index in [2.05, 4.69) is 5.32 Å². The van der Waals surface area contributed by atoms with Gasteiger partial charge in [0.25, 0.3) is 5.92 Å². The summed E-state index contributed by atoms with van der Waals surface area (Å²) in [5, 5.41) is 3.26. The normalized spacial score (nSPS) is 33.4. The van der Waals surface area contributed by atoms with Crippen LogP contribution in [0.2, 0.25) is 0 Å². The second kappa shape index (κ2) is 4.08. The van der Waals surface area contributed by atoms with Crippen molar-refractivity contribution in [3.63, 3.8) is 0 Å². The molecule has 2 aliphatic rings. The van der Waals surface area contributed by atoms with Crippen molar-refractivity contribution in [2.75, 3.05) is 39.4 Å². The molecule has 2 rings (SSSR count). The zero-order valence-corrected chi connectivity index (χ0v) is 8.14. The SMILES string of the molecule is FC1(F)CCN(C[C@@H]2COCCN2)C1. The molecule has 0 radical (unpaired) electrons. The van der Waals surface area contributed by atoms with Gasteiger partial charge in [0.1, 0.15) is 0 Å². The molecule has 1 N–H and O–H groups in total. The first-order valence-corrected chi connectivity index (χ1v) is 5.07. The number of hydrogen-bond donors (Lipinski definition) is 1. The van der Waals surface area contributed by atoms with Crippen LogP contribution in [-0.4, -0.2) is 56.3 Å². The largest absolute Gasteiger partial charge is 0.378 e. The average molecular weight is 206 g/mol. The number of hydrogen-bond acceptors (Lipinski definition) is 3. The first-order chi connectivity index (χ1) is 6.66. The van der Waals surface area contributed by atoms with Crippen molar-refractivity contribution < 1.29 is 13.5 Å². The van der Waals surface area contributed by atoms with E-state index in [4.69, 9.17) is 4.74 Å². The van der Waals surface area contributed by atoms with Gasteiger partial charge < -0.3 is 10.1 Å². The summed E-state index contributed by atoms with van der Waals surface area (Å²) in [7, 11) is 0. The molecule has 0 saturated carbocycles. The fraction of sp³-hybridized carbons (Fsp3) is 1.00. The third-order valence-corrected chi connectivity index (χ3v) is 2.73. The summed E-state index contributed by atoms with van der Waals surface area (Å²) in [5.74, 6) is -2.48. The molecule has 14 heavy (non-hydrogen) atoms. The molecule has 0 amide bonds. The quantitative estimate of drug-likeness (QED) is 0.704. The Morgan fingerprint density at radius 3 is 2.93 bits per heavy atom. The topological polar surface area (TPSA) is 24.5 Å². The predicted molar refractivity (Wildman–Crippen MR) is 48.6 cm³/mol. The number of ether oxygens (including phenoxy) is 1. The smallest absolute Gasteiger partial charge is 0.261 e. The fourth-order valence-electron chi connectivity index (χ4n) is 2.01. The lowest BCUT2D eigenvalue weighted by Crippen LogP contribution is -2.48. The van der Waals surface area contributed by atoms with Crippen molar-refractivity contribution in [2.45, 2.75) is 18.4 Å².